The van der Waals surface area contributed by atoms with Gasteiger partial charge in [-0.05, 0) is 0 Å². The Labute approximate surface area is 66.5 Å². The molecule has 0 bridgehead atoms. The fourth-order valence-corrected chi connectivity index (χ4v) is 3.03. The molecule has 0 heterocycles. The van der Waals surface area contributed by atoms with E-state index < -0.39 is 25.0 Å². The molecule has 0 aromatic heterocycles. The van der Waals surface area contributed by atoms with Gasteiger partial charge >= 0.3 is 25.0 Å². The minimum absolute atomic E-state index is 2.87. The second-order valence-corrected chi connectivity index (χ2v) is 8.05. The summed E-state index contributed by atoms with van der Waals surface area (Å²) in [7, 11) is -16.7. The molecule has 0 amide bonds. The van der Waals surface area contributed by atoms with Crippen LogP contribution >= 0.6 is 14.6 Å². The van der Waals surface area contributed by atoms with Gasteiger partial charge in [-0.2, -0.15) is 12.4 Å². The maximum Gasteiger partial charge on any atom is 0.454 e. The fraction of sp³-hybridized carbons (Fsp3) is 0. The van der Waals surface area contributed by atoms with E-state index in [4.69, 9.17) is 19.2 Å². The summed E-state index contributed by atoms with van der Waals surface area (Å²) < 4.78 is 50.5. The minimum atomic E-state index is -5.67. The number of hydrogen-bond donors (Lipinski definition) is 4. The summed E-state index contributed by atoms with van der Waals surface area (Å²) in [4.78, 5) is 24.2. The zero-order valence-electron chi connectivity index (χ0n) is 5.13. The van der Waals surface area contributed by atoms with Crippen LogP contribution in [0.4, 0.5) is 0 Å². The minimum Gasteiger partial charge on any atom is -0.316 e. The molecule has 0 aromatic carbocycles. The molecule has 0 aliphatic heterocycles. The summed E-state index contributed by atoms with van der Waals surface area (Å²) in [5.41, 5.74) is 0. The first-order chi connectivity index (χ1) is 4.96. The van der Waals surface area contributed by atoms with Gasteiger partial charge in [-0.15, -0.1) is 0 Å². The Hall–Kier alpha value is 0.210. The van der Waals surface area contributed by atoms with Crippen molar-refractivity contribution < 1.29 is 40.8 Å². The van der Waals surface area contributed by atoms with Crippen LogP contribution in [0, 0.1) is 0 Å². The van der Waals surface area contributed by atoms with E-state index in [1.54, 1.807) is 0 Å². The third kappa shape index (κ3) is 3.74. The van der Waals surface area contributed by atoms with E-state index in [2.05, 4.69) is 3.97 Å². The summed E-state index contributed by atoms with van der Waals surface area (Å²) in [6.07, 6.45) is 0. The molecule has 1 atom stereocenters. The average molecular weight is 242 g/mol. The lowest BCUT2D eigenvalue weighted by molar-refractivity contribution is 0.323. The molecule has 0 radical (unpaired) electrons. The van der Waals surface area contributed by atoms with Crippen LogP contribution in [-0.2, 0) is 23.5 Å². The van der Waals surface area contributed by atoms with Gasteiger partial charge in [-0.25, -0.2) is 9.13 Å². The maximum absolute atomic E-state index is 10.3. The van der Waals surface area contributed by atoms with Crippen LogP contribution in [0.1, 0.15) is 0 Å². The topological polar surface area (TPSA) is 158 Å². The molecule has 0 spiro atoms. The van der Waals surface area contributed by atoms with Gasteiger partial charge in [0.1, 0.15) is 0 Å². The lowest BCUT2D eigenvalue weighted by Crippen LogP contribution is -2.01. The molecule has 0 saturated heterocycles. The van der Waals surface area contributed by atoms with E-state index in [-0.39, 0.29) is 0 Å². The SMILES string of the molecule is O=P(O)(O)P(=O)(O)OS(=O)(=O)O. The Kier molecular flexibility index (Phi) is 3.22. The van der Waals surface area contributed by atoms with Crippen LogP contribution < -0.4 is 0 Å². The van der Waals surface area contributed by atoms with Crippen LogP contribution in [0.5, 0.6) is 0 Å². The van der Waals surface area contributed by atoms with Crippen molar-refractivity contribution in [2.24, 2.45) is 0 Å². The summed E-state index contributed by atoms with van der Waals surface area (Å²) in [6, 6.07) is 0. The van der Waals surface area contributed by atoms with Gasteiger partial charge in [0.2, 0.25) is 0 Å². The predicted octanol–water partition coefficient (Wildman–Crippen LogP) is -0.916. The molecule has 0 aliphatic rings. The van der Waals surface area contributed by atoms with Crippen LogP contribution in [0.25, 0.3) is 0 Å². The van der Waals surface area contributed by atoms with Gasteiger partial charge in [0.05, 0.1) is 0 Å². The van der Waals surface area contributed by atoms with Crippen LogP contribution in [0.3, 0.4) is 0 Å². The Morgan fingerprint density at radius 2 is 1.42 bits per heavy atom. The summed E-state index contributed by atoms with van der Waals surface area (Å²) >= 11 is 0. The third-order valence-electron chi connectivity index (χ3n) is 0.521. The third-order valence-corrected chi connectivity index (χ3v) is 5.28. The highest BCUT2D eigenvalue weighted by atomic mass is 32.3. The molecular weight excluding hydrogens is 238 g/mol. The van der Waals surface area contributed by atoms with Crippen LogP contribution in [0.2, 0.25) is 0 Å². The number of hydrogen-bond acceptors (Lipinski definition) is 5. The lowest BCUT2D eigenvalue weighted by atomic mass is 15.8. The van der Waals surface area contributed by atoms with Crippen LogP contribution in [0.15, 0.2) is 0 Å². The molecule has 0 fully saturated rings. The van der Waals surface area contributed by atoms with Crippen molar-refractivity contribution >= 4 is 25.0 Å². The molecular formula is H4O9P2S. The van der Waals surface area contributed by atoms with Crippen molar-refractivity contribution in [3.8, 4) is 0 Å². The van der Waals surface area contributed by atoms with Crippen molar-refractivity contribution in [3.63, 3.8) is 0 Å². The highest BCUT2D eigenvalue weighted by molar-refractivity contribution is 8.28. The molecule has 9 nitrogen and oxygen atoms in total. The Bertz CT molecular complexity index is 341. The molecule has 4 N–H and O–H groups in total. The van der Waals surface area contributed by atoms with Crippen LogP contribution in [-0.4, -0.2) is 27.7 Å². The fourth-order valence-electron chi connectivity index (χ4n) is 0.166. The van der Waals surface area contributed by atoms with Gasteiger partial charge in [0.15, 0.2) is 0 Å². The Balaban J connectivity index is 4.95. The van der Waals surface area contributed by atoms with Gasteiger partial charge in [-0.3, -0.25) is 4.55 Å². The van der Waals surface area contributed by atoms with Crippen molar-refractivity contribution in [2.75, 3.05) is 0 Å². The van der Waals surface area contributed by atoms with Crippen molar-refractivity contribution in [2.45, 2.75) is 0 Å². The van der Waals surface area contributed by atoms with Gasteiger partial charge < -0.3 is 14.7 Å². The largest absolute Gasteiger partial charge is 0.454 e. The van der Waals surface area contributed by atoms with Gasteiger partial charge in [0, 0.05) is 0 Å². The molecule has 0 aliphatic carbocycles. The van der Waals surface area contributed by atoms with E-state index in [0.29, 0.717) is 0 Å². The second kappa shape index (κ2) is 3.17. The first kappa shape index (κ1) is 12.2. The Morgan fingerprint density at radius 1 is 1.08 bits per heavy atom. The van der Waals surface area contributed by atoms with E-state index in [1.807, 2.05) is 0 Å². The molecule has 1 unspecified atom stereocenters. The molecule has 0 rings (SSSR count). The highest BCUT2D eigenvalue weighted by Gasteiger charge is 2.46. The quantitative estimate of drug-likeness (QED) is 0.362. The van der Waals surface area contributed by atoms with E-state index >= 15 is 0 Å². The first-order valence-electron chi connectivity index (χ1n) is 2.03. The lowest BCUT2D eigenvalue weighted by Gasteiger charge is -2.09. The summed E-state index contributed by atoms with van der Waals surface area (Å²) in [5.74, 6) is 0. The van der Waals surface area contributed by atoms with E-state index in [1.165, 1.54) is 0 Å². The summed E-state index contributed by atoms with van der Waals surface area (Å²) in [5, 5.41) is 0. The van der Waals surface area contributed by atoms with Crippen molar-refractivity contribution in [3.05, 3.63) is 0 Å². The molecule has 0 saturated carbocycles. The predicted molar refractivity (Wildman–Crippen MR) is 34.5 cm³/mol. The molecule has 0 aromatic rings. The first-order valence-corrected chi connectivity index (χ1v) is 7.29. The summed E-state index contributed by atoms with van der Waals surface area (Å²) in [6.45, 7) is 0. The number of rotatable bonds is 3. The van der Waals surface area contributed by atoms with Gasteiger partial charge in [0.25, 0.3) is 0 Å². The molecule has 74 valence electrons. The van der Waals surface area contributed by atoms with Crippen molar-refractivity contribution in [1.82, 2.24) is 0 Å². The Morgan fingerprint density at radius 3 is 1.50 bits per heavy atom. The van der Waals surface area contributed by atoms with Crippen molar-refractivity contribution in [1.29, 1.82) is 0 Å². The standard InChI is InChI=1S/H4O9P2S/c1-10(2,3)11(4,5)9-12(6,7)8/h(H,4,5)(H2,1,2,3)(H,6,7,8). The smallest absolute Gasteiger partial charge is 0.316 e. The van der Waals surface area contributed by atoms with E-state index in [9.17, 15) is 17.5 Å². The normalized spacial score (nSPS) is 18.7. The monoisotopic (exact) mass is 242 g/mol. The molecule has 12 heteroatoms. The maximum atomic E-state index is 10.3. The average Bonchev–Trinajstić information content (AvgIpc) is 1.52. The highest BCUT2D eigenvalue weighted by Crippen LogP contribution is 2.75. The van der Waals surface area contributed by atoms with Gasteiger partial charge in [-0.1, -0.05) is 0 Å². The zero-order chi connectivity index (χ0) is 10.2. The molecule has 12 heavy (non-hydrogen) atoms. The van der Waals surface area contributed by atoms with E-state index in [0.717, 1.165) is 0 Å². The second-order valence-electron chi connectivity index (χ2n) is 1.51. The zero-order valence-corrected chi connectivity index (χ0v) is 7.74.